The van der Waals surface area contributed by atoms with Crippen molar-refractivity contribution < 1.29 is 0 Å². The number of rotatable bonds is 1. The third kappa shape index (κ3) is 1.63. The van der Waals surface area contributed by atoms with E-state index in [0.717, 1.165) is 30.3 Å². The van der Waals surface area contributed by atoms with Crippen LogP contribution in [0, 0.1) is 6.92 Å². The maximum absolute atomic E-state index is 12.3. The minimum atomic E-state index is -0.0373. The van der Waals surface area contributed by atoms with Crippen LogP contribution in [0.2, 0.25) is 0 Å². The van der Waals surface area contributed by atoms with Crippen LogP contribution in [0.4, 0.5) is 5.95 Å². The summed E-state index contributed by atoms with van der Waals surface area (Å²) in [7, 11) is 0. The van der Waals surface area contributed by atoms with Gasteiger partial charge in [-0.2, -0.15) is 4.98 Å². The lowest BCUT2D eigenvalue weighted by molar-refractivity contribution is 0.313. The van der Waals surface area contributed by atoms with Gasteiger partial charge in [0, 0.05) is 11.4 Å². The predicted molar refractivity (Wildman–Crippen MR) is 73.5 cm³/mol. The van der Waals surface area contributed by atoms with E-state index in [0.29, 0.717) is 10.1 Å². The van der Waals surface area contributed by atoms with Gasteiger partial charge in [-0.3, -0.25) is 9.36 Å². The molecule has 0 aromatic carbocycles. The summed E-state index contributed by atoms with van der Waals surface area (Å²) < 4.78 is 2.31. The van der Waals surface area contributed by atoms with Crippen LogP contribution >= 0.6 is 15.9 Å². The number of nitrogen functional groups attached to an aromatic ring is 1. The highest BCUT2D eigenvalue weighted by molar-refractivity contribution is 9.10. The summed E-state index contributed by atoms with van der Waals surface area (Å²) in [5.41, 5.74) is 7.10. The first-order valence-corrected chi connectivity index (χ1v) is 6.72. The normalized spacial score (nSPS) is 15.9. The second-order valence-corrected chi connectivity index (χ2v) is 5.51. The second kappa shape index (κ2) is 4.05. The number of hydrogen-bond donors (Lipinski definition) is 1. The van der Waals surface area contributed by atoms with Crippen LogP contribution in [-0.4, -0.2) is 14.5 Å². The monoisotopic (exact) mass is 308 g/mol. The van der Waals surface area contributed by atoms with Crippen molar-refractivity contribution in [3.05, 3.63) is 26.6 Å². The summed E-state index contributed by atoms with van der Waals surface area (Å²) in [5, 5.41) is 0.877. The van der Waals surface area contributed by atoms with E-state index < -0.39 is 0 Å². The molecule has 2 heterocycles. The molecule has 3 rings (SSSR count). The number of halogens is 1. The molecular weight excluding hydrogens is 296 g/mol. The van der Waals surface area contributed by atoms with E-state index in [2.05, 4.69) is 25.9 Å². The smallest absolute Gasteiger partial charge is 0.266 e. The van der Waals surface area contributed by atoms with Gasteiger partial charge in [0.1, 0.15) is 5.65 Å². The fraction of sp³-hybridized carbons (Fsp3) is 0.417. The van der Waals surface area contributed by atoms with Crippen molar-refractivity contribution in [2.24, 2.45) is 0 Å². The van der Waals surface area contributed by atoms with Crippen LogP contribution in [-0.2, 0) is 0 Å². The highest BCUT2D eigenvalue weighted by Gasteiger charge is 2.24. The Labute approximate surface area is 112 Å². The van der Waals surface area contributed by atoms with E-state index in [1.54, 1.807) is 10.6 Å². The van der Waals surface area contributed by atoms with Crippen molar-refractivity contribution in [2.75, 3.05) is 5.73 Å². The van der Waals surface area contributed by atoms with Crippen molar-refractivity contribution >= 4 is 32.9 Å². The topological polar surface area (TPSA) is 73.8 Å². The van der Waals surface area contributed by atoms with Crippen molar-refractivity contribution in [3.8, 4) is 0 Å². The Morgan fingerprint density at radius 1 is 1.44 bits per heavy atom. The molecule has 1 fully saturated rings. The fourth-order valence-electron chi connectivity index (χ4n) is 2.32. The molecule has 94 valence electrons. The van der Waals surface area contributed by atoms with Gasteiger partial charge >= 0.3 is 0 Å². The molecule has 1 aliphatic carbocycles. The lowest BCUT2D eigenvalue weighted by Gasteiger charge is -2.28. The third-order valence-corrected chi connectivity index (χ3v) is 4.06. The summed E-state index contributed by atoms with van der Waals surface area (Å²) >= 11 is 3.32. The van der Waals surface area contributed by atoms with Crippen LogP contribution in [0.1, 0.15) is 31.0 Å². The van der Waals surface area contributed by atoms with Crippen molar-refractivity contribution in [2.45, 2.75) is 32.2 Å². The van der Waals surface area contributed by atoms with Crippen molar-refractivity contribution in [3.63, 3.8) is 0 Å². The van der Waals surface area contributed by atoms with E-state index in [-0.39, 0.29) is 17.5 Å². The molecule has 0 radical (unpaired) electrons. The van der Waals surface area contributed by atoms with Gasteiger partial charge in [-0.15, -0.1) is 0 Å². The van der Waals surface area contributed by atoms with Crippen LogP contribution in [0.15, 0.2) is 15.3 Å². The first kappa shape index (κ1) is 11.6. The third-order valence-electron chi connectivity index (χ3n) is 3.50. The summed E-state index contributed by atoms with van der Waals surface area (Å²) in [6.45, 7) is 1.88. The molecule has 0 saturated heterocycles. The van der Waals surface area contributed by atoms with Gasteiger partial charge in [-0.25, -0.2) is 4.98 Å². The lowest BCUT2D eigenvalue weighted by atomic mass is 9.92. The van der Waals surface area contributed by atoms with E-state index in [1.165, 1.54) is 0 Å². The Morgan fingerprint density at radius 2 is 2.17 bits per heavy atom. The molecule has 18 heavy (non-hydrogen) atoms. The number of nitrogens with zero attached hydrogens (tertiary/aromatic N) is 3. The van der Waals surface area contributed by atoms with Gasteiger partial charge in [-0.05, 0) is 48.2 Å². The number of hydrogen-bond acceptors (Lipinski definition) is 4. The number of pyridine rings is 1. The Morgan fingerprint density at radius 3 is 2.78 bits per heavy atom. The Balaban J connectivity index is 2.43. The number of aromatic nitrogens is 3. The summed E-state index contributed by atoms with van der Waals surface area (Å²) in [6, 6.07) is 2.02. The van der Waals surface area contributed by atoms with Gasteiger partial charge in [0.15, 0.2) is 0 Å². The molecular formula is C12H13BrN4O. The van der Waals surface area contributed by atoms with E-state index >= 15 is 0 Å². The van der Waals surface area contributed by atoms with Crippen LogP contribution in [0.5, 0.6) is 0 Å². The van der Waals surface area contributed by atoms with E-state index in [4.69, 9.17) is 5.73 Å². The summed E-state index contributed by atoms with van der Waals surface area (Å²) in [5.74, 6) is 0.217. The zero-order chi connectivity index (χ0) is 12.9. The minimum absolute atomic E-state index is 0.0373. The molecule has 0 bridgehead atoms. The maximum atomic E-state index is 12.3. The SMILES string of the molecule is Cc1nc(N)nc2c1cc(Br)c(=O)n2C1CCC1. The average molecular weight is 309 g/mol. The zero-order valence-corrected chi connectivity index (χ0v) is 11.6. The Hall–Kier alpha value is -1.43. The molecule has 0 atom stereocenters. The summed E-state index contributed by atoms with van der Waals surface area (Å²) in [6.07, 6.45) is 3.20. The minimum Gasteiger partial charge on any atom is -0.368 e. The molecule has 1 saturated carbocycles. The highest BCUT2D eigenvalue weighted by Crippen LogP contribution is 2.33. The van der Waals surface area contributed by atoms with E-state index in [9.17, 15) is 4.79 Å². The van der Waals surface area contributed by atoms with Gasteiger partial charge in [0.05, 0.1) is 10.2 Å². The van der Waals surface area contributed by atoms with E-state index in [1.807, 2.05) is 6.92 Å². The Bertz CT molecular complexity index is 691. The molecule has 6 heteroatoms. The van der Waals surface area contributed by atoms with Crippen LogP contribution in [0.25, 0.3) is 11.0 Å². The average Bonchev–Trinajstić information content (AvgIpc) is 2.24. The molecule has 0 amide bonds. The molecule has 2 aromatic rings. The Kier molecular flexibility index (Phi) is 2.62. The van der Waals surface area contributed by atoms with Gasteiger partial charge in [0.2, 0.25) is 5.95 Å². The largest absolute Gasteiger partial charge is 0.368 e. The molecule has 1 aliphatic rings. The predicted octanol–water partition coefficient (Wildman–Crippen LogP) is 2.17. The van der Waals surface area contributed by atoms with Gasteiger partial charge in [0.25, 0.3) is 5.56 Å². The number of nitrogens with two attached hydrogens (primary N) is 1. The molecule has 0 unspecified atom stereocenters. The van der Waals surface area contributed by atoms with Crippen molar-refractivity contribution in [1.29, 1.82) is 0 Å². The maximum Gasteiger partial charge on any atom is 0.266 e. The second-order valence-electron chi connectivity index (χ2n) is 4.66. The molecule has 0 aliphatic heterocycles. The molecule has 5 nitrogen and oxygen atoms in total. The van der Waals surface area contributed by atoms with Crippen molar-refractivity contribution in [1.82, 2.24) is 14.5 Å². The quantitative estimate of drug-likeness (QED) is 0.876. The lowest BCUT2D eigenvalue weighted by Crippen LogP contribution is -2.30. The number of fused-ring (bicyclic) bond motifs is 1. The van der Waals surface area contributed by atoms with Gasteiger partial charge < -0.3 is 5.73 Å². The molecule has 2 N–H and O–H groups in total. The molecule has 0 spiro atoms. The zero-order valence-electron chi connectivity index (χ0n) is 9.98. The summed E-state index contributed by atoms with van der Waals surface area (Å²) in [4.78, 5) is 20.7. The van der Waals surface area contributed by atoms with Crippen LogP contribution in [0.3, 0.4) is 0 Å². The fourth-order valence-corrected chi connectivity index (χ4v) is 2.74. The first-order valence-electron chi connectivity index (χ1n) is 5.93. The highest BCUT2D eigenvalue weighted by atomic mass is 79.9. The standard InChI is InChI=1S/C12H13BrN4O/c1-6-8-5-9(13)11(18)17(7-3-2-4-7)10(8)16-12(14)15-6/h5,7H,2-4H2,1H3,(H2,14,15,16). The number of aryl methyl sites for hydroxylation is 1. The molecule has 2 aromatic heterocycles. The number of anilines is 1. The first-order chi connectivity index (χ1) is 8.58. The van der Waals surface area contributed by atoms with Gasteiger partial charge in [-0.1, -0.05) is 0 Å². The van der Waals surface area contributed by atoms with Crippen LogP contribution < -0.4 is 11.3 Å².